The van der Waals surface area contributed by atoms with Gasteiger partial charge in [0.25, 0.3) is 5.91 Å². The Bertz CT molecular complexity index is 467. The lowest BCUT2D eigenvalue weighted by atomic mass is 9.95. The number of carbonyl (C=O) groups excluding carboxylic acids is 1. The van der Waals surface area contributed by atoms with Crippen LogP contribution in [0.5, 0.6) is 0 Å². The van der Waals surface area contributed by atoms with Crippen LogP contribution in [-0.4, -0.2) is 33.1 Å². The summed E-state index contributed by atoms with van der Waals surface area (Å²) in [4.78, 5) is 16.8. The fourth-order valence-corrected chi connectivity index (χ4v) is 4.20. The maximum atomic E-state index is 12.2. The summed E-state index contributed by atoms with van der Waals surface area (Å²) in [7, 11) is 0. The Morgan fingerprint density at radius 1 is 1.40 bits per heavy atom. The summed E-state index contributed by atoms with van der Waals surface area (Å²) >= 11 is 3.41. The van der Waals surface area contributed by atoms with E-state index in [9.17, 15) is 9.90 Å². The molecule has 20 heavy (non-hydrogen) atoms. The van der Waals surface area contributed by atoms with Gasteiger partial charge in [-0.3, -0.25) is 4.79 Å². The van der Waals surface area contributed by atoms with E-state index in [1.807, 2.05) is 12.3 Å². The molecular formula is C14H22N2O2S2. The van der Waals surface area contributed by atoms with Gasteiger partial charge in [-0.1, -0.05) is 13.8 Å². The molecule has 0 radical (unpaired) electrons. The Morgan fingerprint density at radius 2 is 2.05 bits per heavy atom. The molecule has 1 atom stereocenters. The maximum Gasteiger partial charge on any atom is 0.252 e. The molecule has 1 aliphatic heterocycles. The first kappa shape index (κ1) is 15.8. The van der Waals surface area contributed by atoms with Gasteiger partial charge >= 0.3 is 0 Å². The van der Waals surface area contributed by atoms with Gasteiger partial charge in [-0.2, -0.15) is 11.8 Å². The number of thiazole rings is 1. The van der Waals surface area contributed by atoms with Gasteiger partial charge in [-0.25, -0.2) is 4.98 Å². The summed E-state index contributed by atoms with van der Waals surface area (Å²) < 4.78 is 0. The van der Waals surface area contributed by atoms with Crippen LogP contribution in [0.15, 0.2) is 5.38 Å². The zero-order valence-corrected chi connectivity index (χ0v) is 13.8. The van der Waals surface area contributed by atoms with E-state index in [2.05, 4.69) is 24.1 Å². The molecule has 1 unspecified atom stereocenters. The predicted molar refractivity (Wildman–Crippen MR) is 84.3 cm³/mol. The normalized spacial score (nSPS) is 19.9. The number of aliphatic hydroxyl groups is 1. The topological polar surface area (TPSA) is 62.2 Å². The summed E-state index contributed by atoms with van der Waals surface area (Å²) in [6.45, 7) is 6.13. The van der Waals surface area contributed by atoms with Crippen LogP contribution in [0.2, 0.25) is 0 Å². The highest BCUT2D eigenvalue weighted by atomic mass is 32.2. The summed E-state index contributed by atoms with van der Waals surface area (Å²) in [6.07, 6.45) is 1.06. The second-order valence-corrected chi connectivity index (χ2v) is 7.72. The first-order valence-electron chi connectivity index (χ1n) is 6.99. The molecule has 0 aromatic carbocycles. The van der Waals surface area contributed by atoms with E-state index in [-0.39, 0.29) is 11.9 Å². The van der Waals surface area contributed by atoms with E-state index in [0.717, 1.165) is 22.2 Å². The highest BCUT2D eigenvalue weighted by Crippen LogP contribution is 2.28. The second-order valence-electron chi connectivity index (χ2n) is 5.60. The van der Waals surface area contributed by atoms with Gasteiger partial charge in [0.1, 0.15) is 5.60 Å². The van der Waals surface area contributed by atoms with E-state index in [4.69, 9.17) is 0 Å². The van der Waals surface area contributed by atoms with Crippen molar-refractivity contribution in [2.24, 2.45) is 0 Å². The van der Waals surface area contributed by atoms with Gasteiger partial charge in [0.2, 0.25) is 0 Å². The zero-order valence-electron chi connectivity index (χ0n) is 12.2. The Morgan fingerprint density at radius 3 is 2.60 bits per heavy atom. The zero-order chi connectivity index (χ0) is 14.8. The minimum atomic E-state index is -1.20. The molecule has 0 aliphatic carbocycles. The maximum absolute atomic E-state index is 12.2. The monoisotopic (exact) mass is 314 g/mol. The van der Waals surface area contributed by atoms with Crippen molar-refractivity contribution in [3.05, 3.63) is 16.1 Å². The summed E-state index contributed by atoms with van der Waals surface area (Å²) in [5.74, 6) is 1.82. The van der Waals surface area contributed by atoms with Crippen molar-refractivity contribution in [3.8, 4) is 0 Å². The van der Waals surface area contributed by atoms with E-state index >= 15 is 0 Å². The van der Waals surface area contributed by atoms with E-state index < -0.39 is 5.60 Å². The number of hydrogen-bond donors (Lipinski definition) is 2. The Balaban J connectivity index is 1.99. The van der Waals surface area contributed by atoms with Crippen molar-refractivity contribution in [3.63, 3.8) is 0 Å². The SMILES string of the molecule is CC(C)c1nc(C(C)NC(=O)C2(O)CCSCC2)cs1. The molecule has 112 valence electrons. The molecule has 0 spiro atoms. The fraction of sp³-hybridized carbons (Fsp3) is 0.714. The van der Waals surface area contributed by atoms with E-state index in [0.29, 0.717) is 18.8 Å². The van der Waals surface area contributed by atoms with Crippen LogP contribution in [0, 0.1) is 0 Å². The van der Waals surface area contributed by atoms with Gasteiger partial charge in [0, 0.05) is 11.3 Å². The molecule has 1 aliphatic rings. The highest BCUT2D eigenvalue weighted by molar-refractivity contribution is 7.99. The third-order valence-electron chi connectivity index (χ3n) is 3.57. The molecule has 2 N–H and O–H groups in total. The molecule has 1 aromatic rings. The van der Waals surface area contributed by atoms with Crippen LogP contribution in [0.3, 0.4) is 0 Å². The summed E-state index contributed by atoms with van der Waals surface area (Å²) in [5.41, 5.74) is -0.322. The average molecular weight is 314 g/mol. The van der Waals surface area contributed by atoms with Crippen molar-refractivity contribution in [1.82, 2.24) is 10.3 Å². The number of nitrogens with zero attached hydrogens (tertiary/aromatic N) is 1. The van der Waals surface area contributed by atoms with Gasteiger partial charge in [-0.15, -0.1) is 11.3 Å². The van der Waals surface area contributed by atoms with E-state index in [1.165, 1.54) is 0 Å². The van der Waals surface area contributed by atoms with Gasteiger partial charge in [0.15, 0.2) is 0 Å². The number of hydrogen-bond acceptors (Lipinski definition) is 5. The molecule has 2 rings (SSSR count). The third kappa shape index (κ3) is 3.54. The Hall–Kier alpha value is -0.590. The molecule has 0 bridgehead atoms. The molecule has 6 heteroatoms. The quantitative estimate of drug-likeness (QED) is 0.897. The van der Waals surface area contributed by atoms with Crippen LogP contribution in [0.4, 0.5) is 0 Å². The third-order valence-corrected chi connectivity index (χ3v) is 5.72. The standard InChI is InChI=1S/C14H22N2O2S2/c1-9(2)12-16-11(8-20-12)10(3)15-13(17)14(18)4-6-19-7-5-14/h8-10,18H,4-7H2,1-3H3,(H,15,17). The van der Waals surface area contributed by atoms with Crippen LogP contribution >= 0.6 is 23.1 Å². The predicted octanol–water partition coefficient (Wildman–Crippen LogP) is 2.70. The number of thioether (sulfide) groups is 1. The lowest BCUT2D eigenvalue weighted by Crippen LogP contribution is -2.49. The number of aromatic nitrogens is 1. The van der Waals surface area contributed by atoms with Crippen LogP contribution in [0.1, 0.15) is 56.3 Å². The minimum Gasteiger partial charge on any atom is -0.380 e. The van der Waals surface area contributed by atoms with E-state index in [1.54, 1.807) is 23.1 Å². The fourth-order valence-electron chi connectivity index (χ4n) is 2.11. The van der Waals surface area contributed by atoms with Crippen molar-refractivity contribution in [1.29, 1.82) is 0 Å². The molecular weight excluding hydrogens is 292 g/mol. The molecule has 0 saturated carbocycles. The molecule has 1 fully saturated rings. The number of amides is 1. The highest BCUT2D eigenvalue weighted by Gasteiger charge is 2.38. The van der Waals surface area contributed by atoms with Gasteiger partial charge in [-0.05, 0) is 31.3 Å². The van der Waals surface area contributed by atoms with Crippen molar-refractivity contribution in [2.45, 2.75) is 51.2 Å². The van der Waals surface area contributed by atoms with Crippen LogP contribution in [-0.2, 0) is 4.79 Å². The molecule has 1 amide bonds. The number of rotatable bonds is 4. The lowest BCUT2D eigenvalue weighted by molar-refractivity contribution is -0.141. The molecule has 1 saturated heterocycles. The van der Waals surface area contributed by atoms with Crippen molar-refractivity contribution >= 4 is 29.0 Å². The van der Waals surface area contributed by atoms with Gasteiger partial charge in [0.05, 0.1) is 16.7 Å². The Kier molecular flexibility index (Phi) is 5.09. The Labute approximate surface area is 128 Å². The van der Waals surface area contributed by atoms with Crippen molar-refractivity contribution in [2.75, 3.05) is 11.5 Å². The minimum absolute atomic E-state index is 0.162. The first-order chi connectivity index (χ1) is 9.42. The second kappa shape index (κ2) is 6.45. The summed E-state index contributed by atoms with van der Waals surface area (Å²) in [5, 5.41) is 16.4. The molecule has 4 nitrogen and oxygen atoms in total. The van der Waals surface area contributed by atoms with Crippen LogP contribution in [0.25, 0.3) is 0 Å². The lowest BCUT2D eigenvalue weighted by Gasteiger charge is -2.31. The van der Waals surface area contributed by atoms with Gasteiger partial charge < -0.3 is 10.4 Å². The summed E-state index contributed by atoms with van der Waals surface area (Å²) in [6, 6.07) is -0.162. The van der Waals surface area contributed by atoms with Crippen molar-refractivity contribution < 1.29 is 9.90 Å². The largest absolute Gasteiger partial charge is 0.380 e. The molecule has 2 heterocycles. The average Bonchev–Trinajstić information content (AvgIpc) is 2.89. The molecule has 1 aromatic heterocycles. The number of nitrogens with one attached hydrogen (secondary N) is 1. The van der Waals surface area contributed by atoms with Crippen LogP contribution < -0.4 is 5.32 Å². The first-order valence-corrected chi connectivity index (χ1v) is 9.02. The smallest absolute Gasteiger partial charge is 0.252 e. The number of carbonyl (C=O) groups is 1.